The molecule has 0 radical (unpaired) electrons. The van der Waals surface area contributed by atoms with Crippen molar-refractivity contribution in [1.29, 1.82) is 0 Å². The zero-order valence-electron chi connectivity index (χ0n) is 18.6. The van der Waals surface area contributed by atoms with E-state index in [1.807, 2.05) is 38.1 Å². The maximum absolute atomic E-state index is 13.8. The van der Waals surface area contributed by atoms with E-state index >= 15 is 0 Å². The molecule has 1 fully saturated rings. The molecule has 2 atom stereocenters. The van der Waals surface area contributed by atoms with Crippen LogP contribution in [0.1, 0.15) is 32.3 Å². The Kier molecular flexibility index (Phi) is 8.86. The number of halogens is 1. The summed E-state index contributed by atoms with van der Waals surface area (Å²) in [4.78, 5) is 16.9. The van der Waals surface area contributed by atoms with Gasteiger partial charge in [-0.15, -0.1) is 0 Å². The molecule has 1 aliphatic rings. The van der Waals surface area contributed by atoms with Crippen LogP contribution in [0.2, 0.25) is 0 Å². The molecule has 1 amide bonds. The molecule has 2 aromatic carbocycles. The molecule has 0 aromatic heterocycles. The third-order valence-electron chi connectivity index (χ3n) is 4.90. The number of hydrogen-bond acceptors (Lipinski definition) is 4. The van der Waals surface area contributed by atoms with Crippen molar-refractivity contribution < 1.29 is 18.7 Å². The van der Waals surface area contributed by atoms with Crippen LogP contribution in [0.3, 0.4) is 0 Å². The standard InChI is InChI=1S/C24H31FN4O3/c1-3-26-24(27-15-17(2)32-21-11-5-4-10-20(21)25)28-16-18-8-6-9-19(14-18)29-23(30)22-12-7-13-31-22/h4-6,8-11,14,17,22H,3,7,12-13,15-16H2,1-2H3,(H,29,30)(H2,26,27,28). The number of carbonyl (C=O) groups excluding carboxylic acids is 1. The number of benzene rings is 2. The number of amides is 1. The molecule has 3 N–H and O–H groups in total. The van der Waals surface area contributed by atoms with E-state index in [2.05, 4.69) is 20.9 Å². The molecule has 0 saturated carbocycles. The van der Waals surface area contributed by atoms with Gasteiger partial charge in [0, 0.05) is 18.8 Å². The summed E-state index contributed by atoms with van der Waals surface area (Å²) in [5.41, 5.74) is 1.69. The van der Waals surface area contributed by atoms with E-state index < -0.39 is 0 Å². The fraction of sp³-hybridized carbons (Fsp3) is 0.417. The van der Waals surface area contributed by atoms with Crippen LogP contribution in [0.5, 0.6) is 5.75 Å². The Bertz CT molecular complexity index is 916. The molecule has 1 saturated heterocycles. The van der Waals surface area contributed by atoms with Gasteiger partial charge < -0.3 is 25.4 Å². The number of nitrogens with one attached hydrogen (secondary N) is 3. The van der Waals surface area contributed by atoms with E-state index in [1.165, 1.54) is 6.07 Å². The SMILES string of the molecule is CCNC(=NCc1cccc(NC(=O)C2CCCO2)c1)NCC(C)Oc1ccccc1F. The highest BCUT2D eigenvalue weighted by Crippen LogP contribution is 2.18. The van der Waals surface area contributed by atoms with E-state index in [0.29, 0.717) is 32.2 Å². The number of hydrogen-bond donors (Lipinski definition) is 3. The zero-order valence-corrected chi connectivity index (χ0v) is 18.6. The maximum atomic E-state index is 13.8. The van der Waals surface area contributed by atoms with E-state index in [1.54, 1.807) is 18.2 Å². The van der Waals surface area contributed by atoms with Gasteiger partial charge in [-0.25, -0.2) is 9.38 Å². The van der Waals surface area contributed by atoms with E-state index in [-0.39, 0.29) is 29.7 Å². The second kappa shape index (κ2) is 12.0. The van der Waals surface area contributed by atoms with Gasteiger partial charge in [0.25, 0.3) is 5.91 Å². The third kappa shape index (κ3) is 7.23. The van der Waals surface area contributed by atoms with Crippen LogP contribution in [-0.2, 0) is 16.1 Å². The van der Waals surface area contributed by atoms with Crippen LogP contribution in [-0.4, -0.2) is 43.8 Å². The van der Waals surface area contributed by atoms with Gasteiger partial charge in [0.15, 0.2) is 17.5 Å². The average Bonchev–Trinajstić information content (AvgIpc) is 3.33. The summed E-state index contributed by atoms with van der Waals surface area (Å²) in [6, 6.07) is 14.0. The second-order valence-corrected chi connectivity index (χ2v) is 7.63. The molecule has 2 unspecified atom stereocenters. The quantitative estimate of drug-likeness (QED) is 0.409. The van der Waals surface area contributed by atoms with Gasteiger partial charge in [-0.05, 0) is 56.5 Å². The normalized spacial score (nSPS) is 17.0. The monoisotopic (exact) mass is 442 g/mol. The second-order valence-electron chi connectivity index (χ2n) is 7.63. The van der Waals surface area contributed by atoms with Crippen LogP contribution in [0.25, 0.3) is 0 Å². The van der Waals surface area contributed by atoms with Crippen LogP contribution < -0.4 is 20.7 Å². The molecular weight excluding hydrogens is 411 g/mol. The summed E-state index contributed by atoms with van der Waals surface area (Å²) in [7, 11) is 0. The lowest BCUT2D eigenvalue weighted by Gasteiger charge is -2.18. The van der Waals surface area contributed by atoms with Gasteiger partial charge in [-0.1, -0.05) is 24.3 Å². The highest BCUT2D eigenvalue weighted by Gasteiger charge is 2.23. The van der Waals surface area contributed by atoms with Gasteiger partial charge in [0.05, 0.1) is 13.1 Å². The summed E-state index contributed by atoms with van der Waals surface area (Å²) in [5.74, 6) is 0.365. The van der Waals surface area contributed by atoms with Crippen LogP contribution in [0, 0.1) is 5.82 Å². The fourth-order valence-electron chi connectivity index (χ4n) is 3.31. The highest BCUT2D eigenvalue weighted by atomic mass is 19.1. The molecule has 32 heavy (non-hydrogen) atoms. The van der Waals surface area contributed by atoms with Gasteiger partial charge in [0.2, 0.25) is 0 Å². The van der Waals surface area contributed by atoms with Gasteiger partial charge in [-0.2, -0.15) is 0 Å². The van der Waals surface area contributed by atoms with Crippen LogP contribution >= 0.6 is 0 Å². The molecule has 0 spiro atoms. The van der Waals surface area contributed by atoms with Crippen molar-refractivity contribution in [2.24, 2.45) is 4.99 Å². The highest BCUT2D eigenvalue weighted by molar-refractivity contribution is 5.94. The van der Waals surface area contributed by atoms with Crippen molar-refractivity contribution in [3.05, 3.63) is 59.9 Å². The van der Waals surface area contributed by atoms with E-state index in [0.717, 1.165) is 24.1 Å². The number of ether oxygens (including phenoxy) is 2. The molecule has 8 heteroatoms. The molecular formula is C24H31FN4O3. The first-order valence-electron chi connectivity index (χ1n) is 11.0. The summed E-state index contributed by atoms with van der Waals surface area (Å²) in [5, 5.41) is 9.32. The van der Waals surface area contributed by atoms with Crippen molar-refractivity contribution in [1.82, 2.24) is 10.6 Å². The van der Waals surface area contributed by atoms with Crippen molar-refractivity contribution in [3.8, 4) is 5.75 Å². The summed E-state index contributed by atoms with van der Waals surface area (Å²) >= 11 is 0. The topological polar surface area (TPSA) is 84.0 Å². The Morgan fingerprint density at radius 1 is 1.25 bits per heavy atom. The van der Waals surface area contributed by atoms with Crippen molar-refractivity contribution in [2.45, 2.75) is 45.4 Å². The number of carbonyl (C=O) groups is 1. The van der Waals surface area contributed by atoms with Crippen LogP contribution in [0.15, 0.2) is 53.5 Å². The number of aliphatic imine (C=N–C) groups is 1. The Morgan fingerprint density at radius 2 is 2.09 bits per heavy atom. The minimum Gasteiger partial charge on any atom is -0.486 e. The average molecular weight is 443 g/mol. The molecule has 2 aromatic rings. The molecule has 3 rings (SSSR count). The molecule has 7 nitrogen and oxygen atoms in total. The smallest absolute Gasteiger partial charge is 0.253 e. The fourth-order valence-corrected chi connectivity index (χ4v) is 3.31. The zero-order chi connectivity index (χ0) is 22.8. The summed E-state index contributed by atoms with van der Waals surface area (Å²) < 4.78 is 24.9. The number of nitrogens with zero attached hydrogens (tertiary/aromatic N) is 1. The Hall–Kier alpha value is -3.13. The van der Waals surface area contributed by atoms with Gasteiger partial charge in [0.1, 0.15) is 12.2 Å². The summed E-state index contributed by atoms with van der Waals surface area (Å²) in [6.07, 6.45) is 1.05. The molecule has 1 aliphatic heterocycles. The van der Waals surface area contributed by atoms with E-state index in [9.17, 15) is 9.18 Å². The number of para-hydroxylation sites is 1. The molecule has 1 heterocycles. The first kappa shape index (κ1) is 23.5. The molecule has 0 aliphatic carbocycles. The van der Waals surface area contributed by atoms with Crippen LogP contribution in [0.4, 0.5) is 10.1 Å². The molecule has 172 valence electrons. The molecule has 0 bridgehead atoms. The Labute approximate surface area is 188 Å². The minimum atomic E-state index is -0.383. The number of guanidine groups is 1. The lowest BCUT2D eigenvalue weighted by atomic mass is 10.2. The largest absolute Gasteiger partial charge is 0.486 e. The first-order chi connectivity index (χ1) is 15.5. The Morgan fingerprint density at radius 3 is 2.84 bits per heavy atom. The third-order valence-corrected chi connectivity index (χ3v) is 4.90. The van der Waals surface area contributed by atoms with Crippen molar-refractivity contribution in [2.75, 3.05) is 25.0 Å². The number of rotatable bonds is 9. The number of anilines is 1. The van der Waals surface area contributed by atoms with E-state index in [4.69, 9.17) is 9.47 Å². The predicted molar refractivity (Wildman–Crippen MR) is 123 cm³/mol. The van der Waals surface area contributed by atoms with Crippen molar-refractivity contribution in [3.63, 3.8) is 0 Å². The Balaban J connectivity index is 1.53. The lowest BCUT2D eigenvalue weighted by Crippen LogP contribution is -2.41. The first-order valence-corrected chi connectivity index (χ1v) is 11.0. The van der Waals surface area contributed by atoms with Gasteiger partial charge in [-0.3, -0.25) is 4.79 Å². The van der Waals surface area contributed by atoms with Crippen molar-refractivity contribution >= 4 is 17.6 Å². The summed E-state index contributed by atoms with van der Waals surface area (Å²) in [6.45, 7) is 6.07. The maximum Gasteiger partial charge on any atom is 0.253 e. The lowest BCUT2D eigenvalue weighted by molar-refractivity contribution is -0.124. The van der Waals surface area contributed by atoms with Gasteiger partial charge >= 0.3 is 0 Å². The minimum absolute atomic E-state index is 0.109. The predicted octanol–water partition coefficient (Wildman–Crippen LogP) is 3.47.